The van der Waals surface area contributed by atoms with Crippen molar-refractivity contribution in [2.24, 2.45) is 7.05 Å². The number of aliphatic hydroxyl groups excluding tert-OH is 1. The van der Waals surface area contributed by atoms with Crippen molar-refractivity contribution in [1.82, 2.24) is 19.8 Å². The Kier molecular flexibility index (Phi) is 9.83. The van der Waals surface area contributed by atoms with Crippen LogP contribution in [0, 0.1) is 0 Å². The molecule has 1 aliphatic heterocycles. The molecule has 3 aromatic rings. The second-order valence-corrected chi connectivity index (χ2v) is 10.9. The van der Waals surface area contributed by atoms with Gasteiger partial charge in [-0.05, 0) is 56.9 Å². The van der Waals surface area contributed by atoms with Crippen LogP contribution in [0.4, 0.5) is 13.2 Å². The molecule has 12 heteroatoms. The molecule has 8 nitrogen and oxygen atoms in total. The third-order valence-corrected chi connectivity index (χ3v) is 7.66. The number of aryl methyl sites for hydroxylation is 1. The van der Waals surface area contributed by atoms with Crippen molar-refractivity contribution < 1.29 is 32.6 Å². The summed E-state index contributed by atoms with van der Waals surface area (Å²) in [4.78, 5) is 31.7. The van der Waals surface area contributed by atoms with Crippen LogP contribution in [0.5, 0.6) is 5.75 Å². The van der Waals surface area contributed by atoms with Crippen molar-refractivity contribution >= 4 is 23.4 Å². The van der Waals surface area contributed by atoms with E-state index in [1.807, 2.05) is 53.9 Å². The summed E-state index contributed by atoms with van der Waals surface area (Å²) in [6.45, 7) is 3.44. The van der Waals surface area contributed by atoms with Crippen LogP contribution in [0.3, 0.4) is 0 Å². The Balaban J connectivity index is 1.40. The molecule has 2 amide bonds. The second kappa shape index (κ2) is 13.2. The van der Waals surface area contributed by atoms with Gasteiger partial charge < -0.3 is 24.6 Å². The van der Waals surface area contributed by atoms with E-state index in [4.69, 9.17) is 21.3 Å². The van der Waals surface area contributed by atoms with Crippen LogP contribution in [0.15, 0.2) is 48.7 Å². The molecular formula is C30H34ClF3N4O4. The number of carbonyl (C=O) groups excluding carboxylic acids is 2. The predicted molar refractivity (Wildman–Crippen MR) is 152 cm³/mol. The molecule has 4 rings (SSSR count). The van der Waals surface area contributed by atoms with Gasteiger partial charge >= 0.3 is 6.18 Å². The fraction of sp³-hybridized carbons (Fsp3) is 0.433. The number of rotatable bonds is 11. The largest absolute Gasteiger partial charge is 0.480 e. The number of alkyl halides is 3. The number of aliphatic hydroxyl groups is 1. The molecule has 3 atom stereocenters. The van der Waals surface area contributed by atoms with Gasteiger partial charge in [-0.3, -0.25) is 9.59 Å². The minimum atomic E-state index is -4.55. The average molecular weight is 607 g/mol. The molecule has 2 heterocycles. The Hall–Kier alpha value is -3.57. The Bertz CT molecular complexity index is 1410. The lowest BCUT2D eigenvalue weighted by molar-refractivity contribution is -0.189. The summed E-state index contributed by atoms with van der Waals surface area (Å²) in [6, 6.07) is 11.0. The minimum absolute atomic E-state index is 0.118. The van der Waals surface area contributed by atoms with Gasteiger partial charge in [-0.15, -0.1) is 0 Å². The number of halogens is 4. The van der Waals surface area contributed by atoms with E-state index >= 15 is 0 Å². The number of hydrogen-bond acceptors (Lipinski definition) is 5. The van der Waals surface area contributed by atoms with Crippen molar-refractivity contribution in [3.8, 4) is 17.0 Å². The van der Waals surface area contributed by atoms with E-state index < -0.39 is 24.2 Å². The zero-order valence-corrected chi connectivity index (χ0v) is 24.4. The maximum absolute atomic E-state index is 12.9. The van der Waals surface area contributed by atoms with Gasteiger partial charge in [-0.1, -0.05) is 35.9 Å². The van der Waals surface area contributed by atoms with Gasteiger partial charge in [0, 0.05) is 50.0 Å². The molecule has 2 N–H and O–H groups in total. The summed E-state index contributed by atoms with van der Waals surface area (Å²) in [5.74, 6) is 0.299. The summed E-state index contributed by atoms with van der Waals surface area (Å²) in [6.07, 6.45) is -2.52. The van der Waals surface area contributed by atoms with Crippen molar-refractivity contribution in [2.45, 2.75) is 63.9 Å². The van der Waals surface area contributed by atoms with Gasteiger partial charge in [0.2, 0.25) is 5.91 Å². The van der Waals surface area contributed by atoms with Crippen LogP contribution in [-0.4, -0.2) is 62.8 Å². The number of carbonyl (C=O) groups is 2. The van der Waals surface area contributed by atoms with Crippen molar-refractivity contribution in [3.63, 3.8) is 0 Å². The molecule has 2 aromatic carbocycles. The minimum Gasteiger partial charge on any atom is -0.480 e. The highest BCUT2D eigenvalue weighted by Crippen LogP contribution is 2.31. The van der Waals surface area contributed by atoms with E-state index in [0.717, 1.165) is 42.5 Å². The highest BCUT2D eigenvalue weighted by Gasteiger charge is 2.38. The first-order valence-electron chi connectivity index (χ1n) is 13.7. The molecule has 1 aliphatic rings. The Labute approximate surface area is 247 Å². The van der Waals surface area contributed by atoms with Crippen molar-refractivity contribution in [2.75, 3.05) is 13.2 Å². The number of amides is 2. The molecule has 0 aliphatic carbocycles. The van der Waals surface area contributed by atoms with Gasteiger partial charge in [0.05, 0.1) is 16.8 Å². The standard InChI is InChI=1S/C30H34ClF3N4O4/c1-18(38-13-4-5-27(38)40)28-36-25(17-37(28)3)21-8-6-20(7-9-21)15-23(12-14-39)35-29(41)22-10-11-26(24(31)16-22)42-19(2)30(32,33)34/h6-11,16-19,23,39H,4-5,12-15H2,1-3H3,(H,35,41)/t18-,19?,23-/m1/s1. The van der Waals surface area contributed by atoms with E-state index in [-0.39, 0.29) is 34.9 Å². The molecule has 1 fully saturated rings. The normalized spacial score (nSPS) is 15.9. The molecule has 0 saturated carbocycles. The van der Waals surface area contributed by atoms with E-state index in [0.29, 0.717) is 19.3 Å². The Morgan fingerprint density at radius 3 is 2.50 bits per heavy atom. The van der Waals surface area contributed by atoms with Gasteiger partial charge in [0.1, 0.15) is 11.6 Å². The van der Waals surface area contributed by atoms with Gasteiger partial charge in [0.25, 0.3) is 5.91 Å². The number of ether oxygens (including phenoxy) is 1. The van der Waals surface area contributed by atoms with Crippen LogP contribution in [0.2, 0.25) is 5.02 Å². The molecule has 0 spiro atoms. The predicted octanol–water partition coefficient (Wildman–Crippen LogP) is 5.48. The van der Waals surface area contributed by atoms with Crippen LogP contribution in [0.25, 0.3) is 11.3 Å². The summed E-state index contributed by atoms with van der Waals surface area (Å²) >= 11 is 6.09. The van der Waals surface area contributed by atoms with E-state index in [1.54, 1.807) is 0 Å². The molecule has 0 radical (unpaired) electrons. The van der Waals surface area contributed by atoms with E-state index in [9.17, 15) is 27.9 Å². The summed E-state index contributed by atoms with van der Waals surface area (Å²) in [7, 11) is 1.91. The van der Waals surface area contributed by atoms with Crippen LogP contribution in [-0.2, 0) is 18.3 Å². The molecule has 226 valence electrons. The first-order valence-corrected chi connectivity index (χ1v) is 14.1. The molecule has 0 bridgehead atoms. The van der Waals surface area contributed by atoms with Gasteiger partial charge in [0.15, 0.2) is 6.10 Å². The fourth-order valence-corrected chi connectivity index (χ4v) is 5.19. The van der Waals surface area contributed by atoms with Crippen LogP contribution in [0.1, 0.15) is 60.9 Å². The van der Waals surface area contributed by atoms with Crippen LogP contribution < -0.4 is 10.1 Å². The fourth-order valence-electron chi connectivity index (χ4n) is 4.97. The quantitative estimate of drug-likeness (QED) is 0.301. The lowest BCUT2D eigenvalue weighted by Crippen LogP contribution is -2.37. The first kappa shape index (κ1) is 31.4. The SMILES string of the molecule is CC(Oc1ccc(C(=O)N[C@H](CCO)Cc2ccc(-c3cn(C)c([C@@H](C)N4CCCC4=O)n3)cc2)cc1Cl)C(F)(F)F. The highest BCUT2D eigenvalue weighted by molar-refractivity contribution is 6.32. The summed E-state index contributed by atoms with van der Waals surface area (Å²) in [5.41, 5.74) is 2.76. The lowest BCUT2D eigenvalue weighted by atomic mass is 10.0. The van der Waals surface area contributed by atoms with Gasteiger partial charge in [-0.25, -0.2) is 4.98 Å². The highest BCUT2D eigenvalue weighted by atomic mass is 35.5. The molecule has 42 heavy (non-hydrogen) atoms. The summed E-state index contributed by atoms with van der Waals surface area (Å²) < 4.78 is 45.3. The number of likely N-dealkylation sites (tertiary alicyclic amines) is 1. The topological polar surface area (TPSA) is 96.7 Å². The third kappa shape index (κ3) is 7.43. The lowest BCUT2D eigenvalue weighted by Gasteiger charge is -2.23. The Morgan fingerprint density at radius 1 is 1.19 bits per heavy atom. The number of aromatic nitrogens is 2. The van der Waals surface area contributed by atoms with E-state index in [2.05, 4.69) is 5.32 Å². The Morgan fingerprint density at radius 2 is 1.90 bits per heavy atom. The molecular weight excluding hydrogens is 573 g/mol. The number of nitrogens with one attached hydrogen (secondary N) is 1. The zero-order chi connectivity index (χ0) is 30.6. The van der Waals surface area contributed by atoms with Crippen LogP contribution >= 0.6 is 11.6 Å². The van der Waals surface area contributed by atoms with E-state index in [1.165, 1.54) is 18.2 Å². The number of benzene rings is 2. The summed E-state index contributed by atoms with van der Waals surface area (Å²) in [5, 5.41) is 12.3. The number of imidazole rings is 1. The number of hydrogen-bond donors (Lipinski definition) is 2. The molecule has 1 saturated heterocycles. The van der Waals surface area contributed by atoms with Gasteiger partial charge in [-0.2, -0.15) is 13.2 Å². The molecule has 1 unspecified atom stereocenters. The third-order valence-electron chi connectivity index (χ3n) is 7.37. The first-order chi connectivity index (χ1) is 19.9. The molecule has 1 aromatic heterocycles. The zero-order valence-electron chi connectivity index (χ0n) is 23.6. The second-order valence-electron chi connectivity index (χ2n) is 10.5. The monoisotopic (exact) mass is 606 g/mol. The average Bonchev–Trinajstić information content (AvgIpc) is 3.54. The maximum Gasteiger partial charge on any atom is 0.425 e. The smallest absolute Gasteiger partial charge is 0.425 e. The van der Waals surface area contributed by atoms with Crippen molar-refractivity contribution in [3.05, 3.63) is 70.6 Å². The van der Waals surface area contributed by atoms with Crippen molar-refractivity contribution in [1.29, 1.82) is 0 Å². The maximum atomic E-state index is 12.9. The number of nitrogens with zero attached hydrogens (tertiary/aromatic N) is 3.